The summed E-state index contributed by atoms with van der Waals surface area (Å²) >= 11 is 0. The minimum absolute atomic E-state index is 0.439. The van der Waals surface area contributed by atoms with E-state index in [0.29, 0.717) is 157 Å². The molecule has 0 radical (unpaired) electrons. The Labute approximate surface area is 270 Å². The lowest BCUT2D eigenvalue weighted by atomic mass is 10.3. The van der Waals surface area contributed by atoms with Gasteiger partial charge in [-0.15, -0.1) is 0 Å². The predicted molar refractivity (Wildman–Crippen MR) is 170 cm³/mol. The average molecular weight is 650 g/mol. The number of nitrogen functional groups attached to an aromatic ring is 1. The van der Waals surface area contributed by atoms with Gasteiger partial charge in [-0.25, -0.2) is 0 Å². The van der Waals surface area contributed by atoms with Crippen molar-refractivity contribution in [2.24, 2.45) is 0 Å². The number of para-hydroxylation sites is 2. The van der Waals surface area contributed by atoms with Crippen molar-refractivity contribution in [2.75, 3.05) is 158 Å². The van der Waals surface area contributed by atoms with Gasteiger partial charge in [-0.3, -0.25) is 0 Å². The molecule has 0 aliphatic carbocycles. The Hall–Kier alpha value is -1.62. The third-order valence-electron chi connectivity index (χ3n) is 5.77. The van der Waals surface area contributed by atoms with E-state index in [0.717, 1.165) is 19.4 Å². The van der Waals surface area contributed by atoms with Crippen LogP contribution >= 0.6 is 0 Å². The molecule has 45 heavy (non-hydrogen) atoms. The van der Waals surface area contributed by atoms with Crippen LogP contribution in [0.4, 0.5) is 5.69 Å². The maximum atomic E-state index is 5.82. The van der Waals surface area contributed by atoms with E-state index >= 15 is 0 Å². The molecule has 1 aromatic carbocycles. The Morgan fingerprint density at radius 2 is 0.644 bits per heavy atom. The molecule has 0 amide bonds. The van der Waals surface area contributed by atoms with Crippen molar-refractivity contribution in [1.29, 1.82) is 0 Å². The van der Waals surface area contributed by atoms with Crippen LogP contribution in [0, 0.1) is 0 Å². The summed E-state index contributed by atoms with van der Waals surface area (Å²) in [5, 5.41) is 0. The number of rotatable bonds is 37. The van der Waals surface area contributed by atoms with Crippen LogP contribution in [-0.4, -0.2) is 152 Å². The number of hydrogen-bond donors (Lipinski definition) is 1. The van der Waals surface area contributed by atoms with E-state index in [-0.39, 0.29) is 0 Å². The molecule has 0 saturated heterocycles. The number of benzene rings is 1. The molecule has 0 spiro atoms. The molecule has 0 saturated carbocycles. The largest absolute Gasteiger partial charge is 0.489 e. The van der Waals surface area contributed by atoms with Crippen molar-refractivity contribution < 1.29 is 56.8 Å². The summed E-state index contributed by atoms with van der Waals surface area (Å²) in [6, 6.07) is 7.38. The zero-order valence-electron chi connectivity index (χ0n) is 27.5. The van der Waals surface area contributed by atoms with Gasteiger partial charge in [0.1, 0.15) is 12.4 Å². The molecule has 0 aliphatic rings. The third kappa shape index (κ3) is 30.8. The van der Waals surface area contributed by atoms with Crippen LogP contribution in [0.25, 0.3) is 0 Å². The Morgan fingerprint density at radius 1 is 0.378 bits per heavy atom. The maximum absolute atomic E-state index is 5.82. The van der Waals surface area contributed by atoms with Gasteiger partial charge in [-0.05, 0) is 18.6 Å². The molecule has 0 bridgehead atoms. The minimum Gasteiger partial charge on any atom is -0.489 e. The topological polar surface area (TPSA) is 137 Å². The number of unbranched alkanes of at least 4 members (excludes halogenated alkanes) is 1. The van der Waals surface area contributed by atoms with Gasteiger partial charge in [0.15, 0.2) is 0 Å². The fraction of sp³-hybridized carbons (Fsp3) is 0.812. The molecule has 1 rings (SSSR count). The monoisotopic (exact) mass is 649 g/mol. The average Bonchev–Trinajstić information content (AvgIpc) is 3.05. The lowest BCUT2D eigenvalue weighted by Gasteiger charge is -2.10. The molecular weight excluding hydrogens is 590 g/mol. The molecule has 0 aromatic heterocycles. The van der Waals surface area contributed by atoms with Crippen molar-refractivity contribution in [2.45, 2.75) is 19.8 Å². The first-order chi connectivity index (χ1) is 22.3. The summed E-state index contributed by atoms with van der Waals surface area (Å²) in [5.41, 5.74) is 6.44. The molecule has 0 heterocycles. The van der Waals surface area contributed by atoms with Crippen LogP contribution in [0.15, 0.2) is 24.3 Å². The predicted octanol–water partition coefficient (Wildman–Crippen LogP) is 2.63. The highest BCUT2D eigenvalue weighted by atomic mass is 16.6. The van der Waals surface area contributed by atoms with Crippen LogP contribution in [0.1, 0.15) is 19.8 Å². The molecule has 1 aromatic rings. The first-order valence-corrected chi connectivity index (χ1v) is 16.2. The van der Waals surface area contributed by atoms with E-state index in [2.05, 4.69) is 6.92 Å². The van der Waals surface area contributed by atoms with Gasteiger partial charge in [0, 0.05) is 6.61 Å². The lowest BCUT2D eigenvalue weighted by Crippen LogP contribution is -2.15. The smallest absolute Gasteiger partial charge is 0.142 e. The van der Waals surface area contributed by atoms with E-state index in [4.69, 9.17) is 62.6 Å². The first kappa shape index (κ1) is 41.4. The molecule has 13 heteroatoms. The highest BCUT2D eigenvalue weighted by molar-refractivity contribution is 5.51. The van der Waals surface area contributed by atoms with Crippen LogP contribution in [0.2, 0.25) is 0 Å². The standard InChI is InChI=1S/C32H59NO12/c1-2-3-8-34-9-10-35-11-12-36-13-14-37-15-16-38-17-18-39-19-20-40-21-22-41-23-24-42-25-26-43-27-28-44-29-30-45-32-7-5-4-6-31(32)33/h4-7H,2-3,8-30,33H2,1H3. The van der Waals surface area contributed by atoms with Crippen LogP contribution in [-0.2, 0) is 52.1 Å². The van der Waals surface area contributed by atoms with Gasteiger partial charge >= 0.3 is 0 Å². The summed E-state index contributed by atoms with van der Waals surface area (Å²) in [4.78, 5) is 0. The van der Waals surface area contributed by atoms with E-state index < -0.39 is 0 Å². The fourth-order valence-electron chi connectivity index (χ4n) is 3.37. The zero-order valence-corrected chi connectivity index (χ0v) is 27.5. The Balaban J connectivity index is 1.62. The first-order valence-electron chi connectivity index (χ1n) is 16.2. The van der Waals surface area contributed by atoms with Crippen molar-refractivity contribution in [3.63, 3.8) is 0 Å². The molecule has 0 fully saturated rings. The van der Waals surface area contributed by atoms with Gasteiger partial charge < -0.3 is 62.6 Å². The molecule has 13 nitrogen and oxygen atoms in total. The maximum Gasteiger partial charge on any atom is 0.142 e. The van der Waals surface area contributed by atoms with Crippen molar-refractivity contribution in [3.8, 4) is 5.75 Å². The van der Waals surface area contributed by atoms with E-state index in [1.54, 1.807) is 6.07 Å². The number of nitrogens with two attached hydrogens (primary N) is 1. The quantitative estimate of drug-likeness (QED) is 0.0836. The molecule has 264 valence electrons. The molecule has 2 N–H and O–H groups in total. The van der Waals surface area contributed by atoms with Gasteiger partial charge in [-0.2, -0.15) is 0 Å². The molecule has 0 aliphatic heterocycles. The van der Waals surface area contributed by atoms with Crippen LogP contribution in [0.3, 0.4) is 0 Å². The van der Waals surface area contributed by atoms with Crippen LogP contribution < -0.4 is 10.5 Å². The summed E-state index contributed by atoms with van der Waals surface area (Å²) in [5.74, 6) is 0.670. The summed E-state index contributed by atoms with van der Waals surface area (Å²) < 4.78 is 65.7. The summed E-state index contributed by atoms with van der Waals surface area (Å²) in [6.45, 7) is 14.4. The second-order valence-electron chi connectivity index (χ2n) is 9.48. The highest BCUT2D eigenvalue weighted by Crippen LogP contribution is 2.19. The SMILES string of the molecule is CCCCOCCOCCOCCOCCOCCOCCOCCOCCOCCOCCOCCOc1ccccc1N. The number of hydrogen-bond acceptors (Lipinski definition) is 13. The minimum atomic E-state index is 0.439. The Morgan fingerprint density at radius 3 is 0.933 bits per heavy atom. The van der Waals surface area contributed by atoms with E-state index in [9.17, 15) is 0 Å². The Kier molecular flexibility index (Phi) is 32.4. The van der Waals surface area contributed by atoms with E-state index in [1.165, 1.54) is 0 Å². The molecular formula is C32H59NO12. The van der Waals surface area contributed by atoms with Gasteiger partial charge in [-0.1, -0.05) is 25.5 Å². The van der Waals surface area contributed by atoms with E-state index in [1.807, 2.05) is 18.2 Å². The highest BCUT2D eigenvalue weighted by Gasteiger charge is 1.99. The Bertz CT molecular complexity index is 718. The zero-order chi connectivity index (χ0) is 32.1. The molecule has 0 atom stereocenters. The summed E-state index contributed by atoms with van der Waals surface area (Å²) in [7, 11) is 0. The van der Waals surface area contributed by atoms with Gasteiger partial charge in [0.25, 0.3) is 0 Å². The van der Waals surface area contributed by atoms with Crippen LogP contribution in [0.5, 0.6) is 5.75 Å². The molecule has 0 unspecified atom stereocenters. The number of anilines is 1. The number of ether oxygens (including phenoxy) is 12. The van der Waals surface area contributed by atoms with Crippen molar-refractivity contribution >= 4 is 5.69 Å². The second kappa shape index (κ2) is 35.2. The van der Waals surface area contributed by atoms with Crippen molar-refractivity contribution in [3.05, 3.63) is 24.3 Å². The second-order valence-corrected chi connectivity index (χ2v) is 9.48. The van der Waals surface area contributed by atoms with Gasteiger partial charge in [0.05, 0.1) is 144 Å². The van der Waals surface area contributed by atoms with Crippen molar-refractivity contribution in [1.82, 2.24) is 0 Å². The summed E-state index contributed by atoms with van der Waals surface area (Å²) in [6.07, 6.45) is 2.24. The third-order valence-corrected chi connectivity index (χ3v) is 5.77. The lowest BCUT2D eigenvalue weighted by molar-refractivity contribution is -0.0277. The normalized spacial score (nSPS) is 11.4. The fourth-order valence-corrected chi connectivity index (χ4v) is 3.37. The van der Waals surface area contributed by atoms with Gasteiger partial charge in [0.2, 0.25) is 0 Å².